The number of hydrogen-bond acceptors (Lipinski definition) is 4. The van der Waals surface area contributed by atoms with E-state index in [1.807, 2.05) is 7.05 Å². The molecule has 80 valence electrons. The molecule has 0 saturated heterocycles. The van der Waals surface area contributed by atoms with Crippen molar-refractivity contribution in [2.45, 2.75) is 0 Å². The number of nitrogens with zero attached hydrogens (tertiary/aromatic N) is 1. The van der Waals surface area contributed by atoms with E-state index in [0.29, 0.717) is 19.8 Å². The average Bonchev–Trinajstić information content (AvgIpc) is 2.26. The predicted octanol–water partition coefficient (Wildman–Crippen LogP) is -0.448. The smallest absolute Gasteiger partial charge is 0.291 e. The number of rotatable bonds is 4. The summed E-state index contributed by atoms with van der Waals surface area (Å²) in [4.78, 5) is 13.2. The monoisotopic (exact) mass is 200 g/mol. The molecule has 0 unspecified atom stereocenters. The Labute approximate surface area is 83.7 Å². The minimum absolute atomic E-state index is 0.139. The maximum absolute atomic E-state index is 11.6. The number of carbonyl (C=O) groups excluding carboxylic acids is 1. The zero-order valence-corrected chi connectivity index (χ0v) is 8.58. The van der Waals surface area contributed by atoms with Gasteiger partial charge in [-0.2, -0.15) is 0 Å². The van der Waals surface area contributed by atoms with Crippen LogP contribution >= 0.6 is 0 Å². The summed E-state index contributed by atoms with van der Waals surface area (Å²) < 4.78 is 10.2. The first-order valence-corrected chi connectivity index (χ1v) is 4.60. The Morgan fingerprint density at radius 1 is 1.64 bits per heavy atom. The van der Waals surface area contributed by atoms with Gasteiger partial charge >= 0.3 is 0 Å². The predicted molar refractivity (Wildman–Crippen MR) is 51.6 cm³/mol. The van der Waals surface area contributed by atoms with Crippen molar-refractivity contribution < 1.29 is 14.3 Å². The number of amides is 1. The van der Waals surface area contributed by atoms with Gasteiger partial charge in [0, 0.05) is 20.1 Å². The molecule has 1 rings (SSSR count). The second kappa shape index (κ2) is 5.49. The minimum atomic E-state index is -0.139. The molecule has 0 spiro atoms. The lowest BCUT2D eigenvalue weighted by Gasteiger charge is -2.20. The van der Waals surface area contributed by atoms with E-state index in [1.165, 1.54) is 6.26 Å². The van der Waals surface area contributed by atoms with E-state index in [0.717, 1.165) is 6.54 Å². The number of carbonyl (C=O) groups is 1. The molecule has 5 heteroatoms. The molecule has 0 aliphatic carbocycles. The molecule has 0 aromatic carbocycles. The van der Waals surface area contributed by atoms with Gasteiger partial charge in [0.25, 0.3) is 5.91 Å². The summed E-state index contributed by atoms with van der Waals surface area (Å²) in [5.41, 5.74) is 0. The molecule has 0 aromatic rings. The SMILES string of the molecule is CNCCN(C)C(=O)C1=COCCO1. The molecular formula is C9H16N2O3. The Bertz CT molecular complexity index is 228. The fourth-order valence-electron chi connectivity index (χ4n) is 1.05. The summed E-state index contributed by atoms with van der Waals surface area (Å²) in [7, 11) is 3.58. The van der Waals surface area contributed by atoms with Crippen molar-refractivity contribution in [1.29, 1.82) is 0 Å². The Morgan fingerprint density at radius 3 is 3.00 bits per heavy atom. The van der Waals surface area contributed by atoms with Crippen LogP contribution in [0.5, 0.6) is 0 Å². The molecule has 1 amide bonds. The lowest BCUT2D eigenvalue weighted by Crippen LogP contribution is -2.35. The van der Waals surface area contributed by atoms with Crippen molar-refractivity contribution in [3.05, 3.63) is 12.0 Å². The quantitative estimate of drug-likeness (QED) is 0.668. The Kier molecular flexibility index (Phi) is 4.25. The average molecular weight is 200 g/mol. The third kappa shape index (κ3) is 2.92. The second-order valence-corrected chi connectivity index (χ2v) is 3.03. The summed E-state index contributed by atoms with van der Waals surface area (Å²) in [5, 5.41) is 2.97. The highest BCUT2D eigenvalue weighted by Crippen LogP contribution is 2.06. The maximum Gasteiger partial charge on any atom is 0.291 e. The van der Waals surface area contributed by atoms with Crippen molar-refractivity contribution in [1.82, 2.24) is 10.2 Å². The first-order valence-electron chi connectivity index (χ1n) is 4.60. The third-order valence-electron chi connectivity index (χ3n) is 1.90. The van der Waals surface area contributed by atoms with Crippen molar-refractivity contribution in [2.75, 3.05) is 40.4 Å². The van der Waals surface area contributed by atoms with Gasteiger partial charge in [0.15, 0.2) is 0 Å². The van der Waals surface area contributed by atoms with Crippen LogP contribution in [-0.2, 0) is 14.3 Å². The van der Waals surface area contributed by atoms with E-state index >= 15 is 0 Å². The number of ether oxygens (including phenoxy) is 2. The van der Waals surface area contributed by atoms with E-state index in [-0.39, 0.29) is 11.7 Å². The summed E-state index contributed by atoms with van der Waals surface area (Å²) in [5.74, 6) is 0.148. The normalized spacial score (nSPS) is 15.1. The Hall–Kier alpha value is -1.23. The van der Waals surface area contributed by atoms with Gasteiger partial charge in [0.1, 0.15) is 19.5 Å². The summed E-state index contributed by atoms with van der Waals surface area (Å²) in [6.45, 7) is 2.36. The molecule has 0 radical (unpaired) electrons. The molecule has 0 bridgehead atoms. The van der Waals surface area contributed by atoms with E-state index in [1.54, 1.807) is 11.9 Å². The van der Waals surface area contributed by atoms with Crippen LogP contribution in [-0.4, -0.2) is 51.2 Å². The maximum atomic E-state index is 11.6. The summed E-state index contributed by atoms with van der Waals surface area (Å²) >= 11 is 0. The number of hydrogen-bond donors (Lipinski definition) is 1. The Balaban J connectivity index is 2.42. The molecule has 0 aromatic heterocycles. The van der Waals surface area contributed by atoms with Crippen LogP contribution < -0.4 is 5.32 Å². The highest BCUT2D eigenvalue weighted by molar-refractivity contribution is 5.91. The van der Waals surface area contributed by atoms with Crippen LogP contribution in [0.4, 0.5) is 0 Å². The van der Waals surface area contributed by atoms with Gasteiger partial charge in [-0.15, -0.1) is 0 Å². The van der Waals surface area contributed by atoms with Gasteiger partial charge < -0.3 is 19.7 Å². The lowest BCUT2D eigenvalue weighted by molar-refractivity contribution is -0.130. The van der Waals surface area contributed by atoms with Crippen molar-refractivity contribution in [2.24, 2.45) is 0 Å². The second-order valence-electron chi connectivity index (χ2n) is 3.03. The summed E-state index contributed by atoms with van der Waals surface area (Å²) in [6.07, 6.45) is 1.38. The highest BCUT2D eigenvalue weighted by Gasteiger charge is 2.18. The van der Waals surface area contributed by atoms with Crippen LogP contribution in [0.3, 0.4) is 0 Å². The van der Waals surface area contributed by atoms with Gasteiger partial charge in [-0.05, 0) is 7.05 Å². The summed E-state index contributed by atoms with van der Waals surface area (Å²) in [6, 6.07) is 0. The molecule has 1 N–H and O–H groups in total. The first kappa shape index (κ1) is 10.8. The van der Waals surface area contributed by atoms with Gasteiger partial charge in [-0.1, -0.05) is 0 Å². The van der Waals surface area contributed by atoms with Gasteiger partial charge in [0.05, 0.1) is 0 Å². The minimum Gasteiger partial charge on any atom is -0.494 e. The molecule has 0 fully saturated rings. The van der Waals surface area contributed by atoms with Crippen molar-refractivity contribution >= 4 is 5.91 Å². The van der Waals surface area contributed by atoms with Gasteiger partial charge in [-0.25, -0.2) is 0 Å². The fraction of sp³-hybridized carbons (Fsp3) is 0.667. The fourth-order valence-corrected chi connectivity index (χ4v) is 1.05. The zero-order valence-electron chi connectivity index (χ0n) is 8.58. The van der Waals surface area contributed by atoms with Crippen molar-refractivity contribution in [3.63, 3.8) is 0 Å². The molecular weight excluding hydrogens is 184 g/mol. The molecule has 1 aliphatic rings. The third-order valence-corrected chi connectivity index (χ3v) is 1.90. The van der Waals surface area contributed by atoms with Crippen LogP contribution in [0.1, 0.15) is 0 Å². The zero-order chi connectivity index (χ0) is 10.4. The molecule has 0 saturated carbocycles. The largest absolute Gasteiger partial charge is 0.494 e. The van der Waals surface area contributed by atoms with Crippen molar-refractivity contribution in [3.8, 4) is 0 Å². The molecule has 0 atom stereocenters. The van der Waals surface area contributed by atoms with Crippen LogP contribution in [0.15, 0.2) is 12.0 Å². The van der Waals surface area contributed by atoms with E-state index in [2.05, 4.69) is 5.32 Å². The molecule has 5 nitrogen and oxygen atoms in total. The van der Waals surface area contributed by atoms with Crippen LogP contribution in [0, 0.1) is 0 Å². The van der Waals surface area contributed by atoms with E-state index in [4.69, 9.17) is 9.47 Å². The van der Waals surface area contributed by atoms with Crippen LogP contribution in [0.2, 0.25) is 0 Å². The number of nitrogens with one attached hydrogen (secondary N) is 1. The molecule has 14 heavy (non-hydrogen) atoms. The van der Waals surface area contributed by atoms with Gasteiger partial charge in [0.2, 0.25) is 5.76 Å². The highest BCUT2D eigenvalue weighted by atomic mass is 16.6. The Morgan fingerprint density at radius 2 is 2.43 bits per heavy atom. The molecule has 1 heterocycles. The van der Waals surface area contributed by atoms with E-state index < -0.39 is 0 Å². The topological polar surface area (TPSA) is 50.8 Å². The lowest BCUT2D eigenvalue weighted by atomic mass is 10.4. The van der Waals surface area contributed by atoms with Crippen LogP contribution in [0.25, 0.3) is 0 Å². The van der Waals surface area contributed by atoms with Gasteiger partial charge in [-0.3, -0.25) is 4.79 Å². The molecule has 1 aliphatic heterocycles. The number of likely N-dealkylation sites (N-methyl/N-ethyl adjacent to an activating group) is 2. The van der Waals surface area contributed by atoms with E-state index in [9.17, 15) is 4.79 Å². The first-order chi connectivity index (χ1) is 6.75. The standard InChI is InChI=1S/C9H16N2O3/c1-10-3-4-11(2)9(12)8-7-13-5-6-14-8/h7,10H,3-6H2,1-2H3.